The summed E-state index contributed by atoms with van der Waals surface area (Å²) in [5, 5.41) is 2.73. The summed E-state index contributed by atoms with van der Waals surface area (Å²) in [7, 11) is 0. The molecule has 1 aromatic rings. The minimum Gasteiger partial charge on any atom is -0.353 e. The molecule has 1 unspecified atom stereocenters. The molecule has 0 radical (unpaired) electrons. The monoisotopic (exact) mass is 233 g/mol. The van der Waals surface area contributed by atoms with E-state index in [1.54, 1.807) is 24.0 Å². The van der Waals surface area contributed by atoms with Gasteiger partial charge in [-0.05, 0) is 26.0 Å². The van der Waals surface area contributed by atoms with Gasteiger partial charge < -0.3 is 10.2 Å². The fourth-order valence-electron chi connectivity index (χ4n) is 1.87. The normalized spacial score (nSPS) is 20.0. The van der Waals surface area contributed by atoms with Gasteiger partial charge in [0, 0.05) is 18.8 Å². The van der Waals surface area contributed by atoms with Crippen molar-refractivity contribution in [2.75, 3.05) is 13.1 Å². The fourth-order valence-corrected chi connectivity index (χ4v) is 1.87. The average molecular weight is 233 g/mol. The first-order valence-electron chi connectivity index (χ1n) is 5.62. The summed E-state index contributed by atoms with van der Waals surface area (Å²) < 4.78 is 0. The molecule has 0 saturated carbocycles. The van der Waals surface area contributed by atoms with Gasteiger partial charge in [-0.3, -0.25) is 9.59 Å². The van der Waals surface area contributed by atoms with Crippen LogP contribution < -0.4 is 5.32 Å². The third kappa shape index (κ3) is 2.27. The van der Waals surface area contributed by atoms with Gasteiger partial charge in [0.15, 0.2) is 0 Å². The van der Waals surface area contributed by atoms with Crippen LogP contribution in [0.1, 0.15) is 23.1 Å². The first-order valence-corrected chi connectivity index (χ1v) is 5.62. The van der Waals surface area contributed by atoms with Crippen LogP contribution in [0.2, 0.25) is 0 Å². The third-order valence-corrected chi connectivity index (χ3v) is 2.87. The van der Waals surface area contributed by atoms with Crippen molar-refractivity contribution in [3.05, 3.63) is 29.6 Å². The predicted molar refractivity (Wildman–Crippen MR) is 62.5 cm³/mol. The standard InChI is InChI=1S/C12H15N3O2/c1-8-4-3-5-10(14-8)12(17)15-7-6-13-11(16)9(15)2/h3-5,9H,6-7H2,1-2H3,(H,13,16). The first-order chi connectivity index (χ1) is 8.09. The number of aromatic nitrogens is 1. The lowest BCUT2D eigenvalue weighted by molar-refractivity contribution is -0.127. The Balaban J connectivity index is 2.22. The molecule has 0 spiro atoms. The highest BCUT2D eigenvalue weighted by molar-refractivity contribution is 5.96. The number of pyridine rings is 1. The summed E-state index contributed by atoms with van der Waals surface area (Å²) in [5.41, 5.74) is 1.19. The largest absolute Gasteiger partial charge is 0.353 e. The minimum absolute atomic E-state index is 0.114. The van der Waals surface area contributed by atoms with Crippen molar-refractivity contribution in [3.8, 4) is 0 Å². The first kappa shape index (κ1) is 11.6. The van der Waals surface area contributed by atoms with Gasteiger partial charge in [-0.15, -0.1) is 0 Å². The topological polar surface area (TPSA) is 62.3 Å². The van der Waals surface area contributed by atoms with Gasteiger partial charge in [-0.1, -0.05) is 6.07 Å². The molecule has 5 nitrogen and oxygen atoms in total. The second kappa shape index (κ2) is 4.53. The molecule has 2 heterocycles. The Hall–Kier alpha value is -1.91. The molecule has 1 aromatic heterocycles. The highest BCUT2D eigenvalue weighted by atomic mass is 16.2. The van der Waals surface area contributed by atoms with Crippen LogP contribution in [-0.4, -0.2) is 40.8 Å². The van der Waals surface area contributed by atoms with Crippen LogP contribution in [0.25, 0.3) is 0 Å². The van der Waals surface area contributed by atoms with Crippen molar-refractivity contribution in [1.82, 2.24) is 15.2 Å². The fraction of sp³-hybridized carbons (Fsp3) is 0.417. The van der Waals surface area contributed by atoms with Crippen molar-refractivity contribution in [2.45, 2.75) is 19.9 Å². The van der Waals surface area contributed by atoms with Crippen LogP contribution in [0.4, 0.5) is 0 Å². The Bertz CT molecular complexity index is 459. The number of nitrogens with one attached hydrogen (secondary N) is 1. The summed E-state index contributed by atoms with van der Waals surface area (Å²) in [5.74, 6) is -0.298. The van der Waals surface area contributed by atoms with Gasteiger partial charge in [0.1, 0.15) is 11.7 Å². The van der Waals surface area contributed by atoms with Crippen molar-refractivity contribution in [1.29, 1.82) is 0 Å². The molecule has 1 atom stereocenters. The number of aryl methyl sites for hydroxylation is 1. The van der Waals surface area contributed by atoms with Gasteiger partial charge in [-0.25, -0.2) is 4.98 Å². The Kier molecular flexibility index (Phi) is 3.08. The van der Waals surface area contributed by atoms with Gasteiger partial charge in [0.25, 0.3) is 5.91 Å². The quantitative estimate of drug-likeness (QED) is 0.761. The SMILES string of the molecule is Cc1cccc(C(=O)N2CCNC(=O)C2C)n1. The molecule has 1 fully saturated rings. The lowest BCUT2D eigenvalue weighted by atomic mass is 10.2. The van der Waals surface area contributed by atoms with E-state index < -0.39 is 6.04 Å². The van der Waals surface area contributed by atoms with Crippen LogP contribution in [0.3, 0.4) is 0 Å². The number of carbonyl (C=O) groups is 2. The molecular formula is C12H15N3O2. The predicted octanol–water partition coefficient (Wildman–Crippen LogP) is 0.351. The van der Waals surface area contributed by atoms with E-state index in [-0.39, 0.29) is 11.8 Å². The zero-order valence-electron chi connectivity index (χ0n) is 9.93. The van der Waals surface area contributed by atoms with E-state index in [4.69, 9.17) is 0 Å². The molecular weight excluding hydrogens is 218 g/mol. The minimum atomic E-state index is -0.432. The second-order valence-electron chi connectivity index (χ2n) is 4.13. The molecule has 1 aliphatic rings. The van der Waals surface area contributed by atoms with Crippen molar-refractivity contribution in [2.24, 2.45) is 0 Å². The summed E-state index contributed by atoms with van der Waals surface area (Å²) >= 11 is 0. The summed E-state index contributed by atoms with van der Waals surface area (Å²) in [6.07, 6.45) is 0. The molecule has 2 amide bonds. The molecule has 0 aromatic carbocycles. The smallest absolute Gasteiger partial charge is 0.273 e. The molecule has 2 rings (SSSR count). The van der Waals surface area contributed by atoms with Crippen molar-refractivity contribution < 1.29 is 9.59 Å². The number of rotatable bonds is 1. The van der Waals surface area contributed by atoms with Gasteiger partial charge in [0.05, 0.1) is 0 Å². The molecule has 1 N–H and O–H groups in total. The zero-order chi connectivity index (χ0) is 12.4. The van der Waals surface area contributed by atoms with Crippen LogP contribution in [-0.2, 0) is 4.79 Å². The van der Waals surface area contributed by atoms with Crippen LogP contribution in [0.15, 0.2) is 18.2 Å². The molecule has 17 heavy (non-hydrogen) atoms. The van der Waals surface area contributed by atoms with E-state index in [9.17, 15) is 9.59 Å². The maximum atomic E-state index is 12.2. The Morgan fingerprint density at radius 1 is 1.53 bits per heavy atom. The van der Waals surface area contributed by atoms with Gasteiger partial charge in [-0.2, -0.15) is 0 Å². The number of hydrogen-bond acceptors (Lipinski definition) is 3. The number of carbonyl (C=O) groups excluding carboxylic acids is 2. The highest BCUT2D eigenvalue weighted by Gasteiger charge is 2.30. The van der Waals surface area contributed by atoms with Crippen LogP contribution in [0.5, 0.6) is 0 Å². The Morgan fingerprint density at radius 2 is 2.29 bits per heavy atom. The number of piperazine rings is 1. The second-order valence-corrected chi connectivity index (χ2v) is 4.13. The number of hydrogen-bond donors (Lipinski definition) is 1. The zero-order valence-corrected chi connectivity index (χ0v) is 9.93. The Morgan fingerprint density at radius 3 is 3.00 bits per heavy atom. The summed E-state index contributed by atoms with van der Waals surface area (Å²) in [6, 6.07) is 4.88. The molecule has 0 bridgehead atoms. The van der Waals surface area contributed by atoms with Gasteiger partial charge >= 0.3 is 0 Å². The Labute approximate surface area is 99.8 Å². The lowest BCUT2D eigenvalue weighted by Crippen LogP contribution is -2.55. The van der Waals surface area contributed by atoms with E-state index in [0.717, 1.165) is 5.69 Å². The van der Waals surface area contributed by atoms with Crippen molar-refractivity contribution in [3.63, 3.8) is 0 Å². The van der Waals surface area contributed by atoms with E-state index >= 15 is 0 Å². The summed E-state index contributed by atoms with van der Waals surface area (Å²) in [4.78, 5) is 29.4. The molecule has 5 heteroatoms. The van der Waals surface area contributed by atoms with Crippen LogP contribution >= 0.6 is 0 Å². The lowest BCUT2D eigenvalue weighted by Gasteiger charge is -2.32. The molecule has 0 aliphatic carbocycles. The maximum absolute atomic E-state index is 12.2. The molecule has 1 aliphatic heterocycles. The highest BCUT2D eigenvalue weighted by Crippen LogP contribution is 2.09. The summed E-state index contributed by atoms with van der Waals surface area (Å²) in [6.45, 7) is 4.59. The van der Waals surface area contributed by atoms with E-state index in [2.05, 4.69) is 10.3 Å². The number of nitrogens with zero attached hydrogens (tertiary/aromatic N) is 2. The molecule has 1 saturated heterocycles. The maximum Gasteiger partial charge on any atom is 0.273 e. The average Bonchev–Trinajstić information content (AvgIpc) is 2.32. The number of amides is 2. The van der Waals surface area contributed by atoms with E-state index in [0.29, 0.717) is 18.8 Å². The van der Waals surface area contributed by atoms with E-state index in [1.807, 2.05) is 13.0 Å². The third-order valence-electron chi connectivity index (χ3n) is 2.87. The van der Waals surface area contributed by atoms with Gasteiger partial charge in [0.2, 0.25) is 5.91 Å². The van der Waals surface area contributed by atoms with Crippen molar-refractivity contribution >= 4 is 11.8 Å². The molecule has 90 valence electrons. The van der Waals surface area contributed by atoms with Crippen LogP contribution in [0, 0.1) is 6.92 Å². The van der Waals surface area contributed by atoms with E-state index in [1.165, 1.54) is 0 Å².